The fraction of sp³-hybridized carbons (Fsp3) is 0.200. The number of aryl methyl sites for hydroxylation is 1. The van der Waals surface area contributed by atoms with E-state index in [0.717, 1.165) is 6.20 Å². The third-order valence-corrected chi connectivity index (χ3v) is 1.76. The quantitative estimate of drug-likeness (QED) is 0.445. The van der Waals surface area contributed by atoms with Crippen LogP contribution in [0.3, 0.4) is 0 Å². The SMILES string of the molecule is Cc1cc(C#CCC(N)=O)ncc1[N+](=O)[O-]. The number of aromatic nitrogens is 1. The van der Waals surface area contributed by atoms with Crippen LogP contribution in [0, 0.1) is 28.9 Å². The van der Waals surface area contributed by atoms with Crippen molar-refractivity contribution in [2.24, 2.45) is 5.73 Å². The smallest absolute Gasteiger partial charge is 0.290 e. The van der Waals surface area contributed by atoms with Crippen molar-refractivity contribution in [1.82, 2.24) is 4.98 Å². The summed E-state index contributed by atoms with van der Waals surface area (Å²) in [5, 5.41) is 10.5. The minimum atomic E-state index is -0.522. The zero-order valence-electron chi connectivity index (χ0n) is 8.56. The molecule has 1 aromatic heterocycles. The predicted molar refractivity (Wildman–Crippen MR) is 56.3 cm³/mol. The molecule has 0 radical (unpaired) electrons. The van der Waals surface area contributed by atoms with Crippen molar-refractivity contribution in [2.75, 3.05) is 0 Å². The normalized spacial score (nSPS) is 9.06. The van der Waals surface area contributed by atoms with Gasteiger partial charge in [0, 0.05) is 5.56 Å². The number of nitrogens with zero attached hydrogens (tertiary/aromatic N) is 2. The first-order valence-electron chi connectivity index (χ1n) is 4.39. The van der Waals surface area contributed by atoms with Crippen molar-refractivity contribution in [3.8, 4) is 11.8 Å². The minimum Gasteiger partial charge on any atom is -0.369 e. The Balaban J connectivity index is 2.92. The molecule has 6 heteroatoms. The van der Waals surface area contributed by atoms with E-state index in [1.54, 1.807) is 6.92 Å². The lowest BCUT2D eigenvalue weighted by Gasteiger charge is -1.95. The summed E-state index contributed by atoms with van der Waals surface area (Å²) in [4.78, 5) is 24.2. The summed E-state index contributed by atoms with van der Waals surface area (Å²) in [5.41, 5.74) is 5.70. The molecule has 0 bridgehead atoms. The molecular formula is C10H9N3O3. The molecule has 16 heavy (non-hydrogen) atoms. The number of hydrogen-bond acceptors (Lipinski definition) is 4. The van der Waals surface area contributed by atoms with Crippen molar-refractivity contribution in [3.63, 3.8) is 0 Å². The Bertz CT molecular complexity index is 500. The predicted octanol–water partition coefficient (Wildman–Crippen LogP) is 0.525. The zero-order chi connectivity index (χ0) is 12.1. The Morgan fingerprint density at radius 1 is 1.69 bits per heavy atom. The molecule has 0 aliphatic heterocycles. The average molecular weight is 219 g/mol. The van der Waals surface area contributed by atoms with E-state index in [0.29, 0.717) is 11.3 Å². The average Bonchev–Trinajstić information content (AvgIpc) is 2.16. The minimum absolute atomic E-state index is 0.0551. The first-order valence-corrected chi connectivity index (χ1v) is 4.39. The first-order chi connectivity index (χ1) is 7.50. The first kappa shape index (κ1) is 11.7. The van der Waals surface area contributed by atoms with Gasteiger partial charge in [-0.2, -0.15) is 0 Å². The van der Waals surface area contributed by atoms with Crippen LogP contribution in [-0.2, 0) is 4.79 Å². The number of amides is 1. The lowest BCUT2D eigenvalue weighted by atomic mass is 10.2. The number of primary amides is 1. The molecule has 1 rings (SSSR count). The summed E-state index contributed by atoms with van der Waals surface area (Å²) >= 11 is 0. The van der Waals surface area contributed by atoms with Gasteiger partial charge in [-0.25, -0.2) is 4.98 Å². The maximum atomic E-state index is 10.5. The summed E-state index contributed by atoms with van der Waals surface area (Å²) in [5.74, 6) is 4.60. The molecule has 6 nitrogen and oxygen atoms in total. The molecule has 0 atom stereocenters. The van der Waals surface area contributed by atoms with Crippen LogP contribution >= 0.6 is 0 Å². The Hall–Kier alpha value is -2.42. The van der Waals surface area contributed by atoms with E-state index < -0.39 is 10.8 Å². The summed E-state index contributed by atoms with van der Waals surface area (Å²) in [6.07, 6.45) is 1.08. The van der Waals surface area contributed by atoms with Crippen molar-refractivity contribution < 1.29 is 9.72 Å². The zero-order valence-corrected chi connectivity index (χ0v) is 8.56. The van der Waals surface area contributed by atoms with Crippen LogP contribution in [0.4, 0.5) is 5.69 Å². The van der Waals surface area contributed by atoms with Crippen LogP contribution in [-0.4, -0.2) is 15.8 Å². The molecule has 1 heterocycles. The number of carbonyl (C=O) groups excluding carboxylic acids is 1. The highest BCUT2D eigenvalue weighted by Crippen LogP contribution is 2.15. The second-order valence-electron chi connectivity index (χ2n) is 3.06. The monoisotopic (exact) mass is 219 g/mol. The van der Waals surface area contributed by atoms with E-state index >= 15 is 0 Å². The molecular weight excluding hydrogens is 210 g/mol. The van der Waals surface area contributed by atoms with Gasteiger partial charge in [0.25, 0.3) is 5.69 Å². The van der Waals surface area contributed by atoms with E-state index in [2.05, 4.69) is 16.8 Å². The van der Waals surface area contributed by atoms with Crippen molar-refractivity contribution >= 4 is 11.6 Å². The summed E-state index contributed by atoms with van der Waals surface area (Å²) in [6.45, 7) is 1.60. The van der Waals surface area contributed by atoms with Crippen LogP contribution in [0.1, 0.15) is 17.7 Å². The molecule has 0 fully saturated rings. The van der Waals surface area contributed by atoms with Crippen LogP contribution in [0.15, 0.2) is 12.3 Å². The van der Waals surface area contributed by atoms with Crippen molar-refractivity contribution in [2.45, 2.75) is 13.3 Å². The third kappa shape index (κ3) is 3.06. The van der Waals surface area contributed by atoms with Gasteiger partial charge < -0.3 is 5.73 Å². The molecule has 82 valence electrons. The van der Waals surface area contributed by atoms with Gasteiger partial charge in [0.05, 0.1) is 11.3 Å². The molecule has 0 aliphatic carbocycles. The molecule has 1 aromatic rings. The third-order valence-electron chi connectivity index (χ3n) is 1.76. The van der Waals surface area contributed by atoms with E-state index in [4.69, 9.17) is 5.73 Å². The Morgan fingerprint density at radius 2 is 2.38 bits per heavy atom. The maximum absolute atomic E-state index is 10.5. The summed E-state index contributed by atoms with van der Waals surface area (Å²) < 4.78 is 0. The van der Waals surface area contributed by atoms with E-state index in [-0.39, 0.29) is 12.1 Å². The largest absolute Gasteiger partial charge is 0.369 e. The summed E-state index contributed by atoms with van der Waals surface area (Å²) in [6, 6.07) is 1.49. The topological polar surface area (TPSA) is 99.1 Å². The highest BCUT2D eigenvalue weighted by molar-refractivity contribution is 5.76. The number of hydrogen-bond donors (Lipinski definition) is 1. The van der Waals surface area contributed by atoms with Gasteiger partial charge in [-0.15, -0.1) is 0 Å². The van der Waals surface area contributed by atoms with Gasteiger partial charge in [0.15, 0.2) is 0 Å². The molecule has 0 unspecified atom stereocenters. The lowest BCUT2D eigenvalue weighted by Crippen LogP contribution is -2.08. The van der Waals surface area contributed by atoms with E-state index in [1.165, 1.54) is 6.07 Å². The van der Waals surface area contributed by atoms with Gasteiger partial charge in [0.2, 0.25) is 5.91 Å². The second-order valence-corrected chi connectivity index (χ2v) is 3.06. The number of carbonyl (C=O) groups is 1. The number of rotatable bonds is 2. The van der Waals surface area contributed by atoms with Crippen LogP contribution < -0.4 is 5.73 Å². The second kappa shape index (κ2) is 4.89. The molecule has 0 aliphatic rings. The van der Waals surface area contributed by atoms with Gasteiger partial charge in [-0.3, -0.25) is 14.9 Å². The standard InChI is InChI=1S/C10H9N3O3/c1-7-5-8(3-2-4-10(11)14)12-6-9(7)13(15)16/h5-6H,4H2,1H3,(H2,11,14). The Morgan fingerprint density at radius 3 is 2.88 bits per heavy atom. The van der Waals surface area contributed by atoms with Crippen molar-refractivity contribution in [3.05, 3.63) is 33.6 Å². The lowest BCUT2D eigenvalue weighted by molar-refractivity contribution is -0.385. The van der Waals surface area contributed by atoms with Crippen LogP contribution in [0.2, 0.25) is 0 Å². The van der Waals surface area contributed by atoms with Crippen LogP contribution in [0.25, 0.3) is 0 Å². The van der Waals surface area contributed by atoms with Gasteiger partial charge in [-0.1, -0.05) is 5.92 Å². The molecule has 2 N–H and O–H groups in total. The molecule has 0 spiro atoms. The van der Waals surface area contributed by atoms with E-state index in [9.17, 15) is 14.9 Å². The molecule has 0 saturated heterocycles. The maximum Gasteiger partial charge on any atom is 0.290 e. The number of pyridine rings is 1. The Kier molecular flexibility index (Phi) is 3.56. The van der Waals surface area contributed by atoms with Gasteiger partial charge in [-0.05, 0) is 18.9 Å². The molecule has 0 aromatic carbocycles. The molecule has 1 amide bonds. The van der Waals surface area contributed by atoms with Crippen LogP contribution in [0.5, 0.6) is 0 Å². The fourth-order valence-electron chi connectivity index (χ4n) is 1.03. The highest BCUT2D eigenvalue weighted by Gasteiger charge is 2.10. The Labute approximate surface area is 91.6 Å². The van der Waals surface area contributed by atoms with Gasteiger partial charge >= 0.3 is 0 Å². The number of nitrogens with two attached hydrogens (primary N) is 1. The summed E-state index contributed by atoms with van der Waals surface area (Å²) in [7, 11) is 0. The van der Waals surface area contributed by atoms with Crippen molar-refractivity contribution in [1.29, 1.82) is 0 Å². The molecule has 0 saturated carbocycles. The van der Waals surface area contributed by atoms with Gasteiger partial charge in [0.1, 0.15) is 11.9 Å². The van der Waals surface area contributed by atoms with E-state index in [1.807, 2.05) is 0 Å². The number of nitro groups is 1. The highest BCUT2D eigenvalue weighted by atomic mass is 16.6. The fourth-order valence-corrected chi connectivity index (χ4v) is 1.03.